The van der Waals surface area contributed by atoms with Gasteiger partial charge in [0, 0.05) is 4.47 Å². The zero-order chi connectivity index (χ0) is 8.72. The second-order valence-corrected chi connectivity index (χ2v) is 4.21. The fourth-order valence-electron chi connectivity index (χ4n) is 1.77. The third kappa shape index (κ3) is 1.04. The van der Waals surface area contributed by atoms with Gasteiger partial charge in [0.1, 0.15) is 0 Å². The largest absolute Gasteiger partial charge is 0.0653 e. The lowest BCUT2D eigenvalue weighted by Gasteiger charge is -2.02. The molecular formula is C11H11Br. The van der Waals surface area contributed by atoms with E-state index in [9.17, 15) is 0 Å². The Balaban J connectivity index is 2.67. The summed E-state index contributed by atoms with van der Waals surface area (Å²) in [4.78, 5) is 0. The lowest BCUT2D eigenvalue weighted by atomic mass is 10.1. The maximum Gasteiger partial charge on any atom is 0.0253 e. The van der Waals surface area contributed by atoms with Crippen LogP contribution in [-0.2, 0) is 6.42 Å². The van der Waals surface area contributed by atoms with Crippen molar-refractivity contribution >= 4 is 21.5 Å². The first-order chi connectivity index (χ1) is 5.70. The topological polar surface area (TPSA) is 0 Å². The summed E-state index contributed by atoms with van der Waals surface area (Å²) in [5.74, 6) is 0. The number of allylic oxidation sites excluding steroid dienone is 2. The lowest BCUT2D eigenvalue weighted by Crippen LogP contribution is -1.83. The molecule has 1 aliphatic rings. The Morgan fingerprint density at radius 1 is 1.25 bits per heavy atom. The molecular weight excluding hydrogens is 212 g/mol. The number of hydrogen-bond donors (Lipinski definition) is 0. The van der Waals surface area contributed by atoms with Crippen LogP contribution in [0.15, 0.2) is 28.2 Å². The van der Waals surface area contributed by atoms with E-state index >= 15 is 0 Å². The summed E-state index contributed by atoms with van der Waals surface area (Å²) in [6.07, 6.45) is 1.13. The number of benzene rings is 1. The van der Waals surface area contributed by atoms with Gasteiger partial charge in [0.2, 0.25) is 0 Å². The molecule has 0 N–H and O–H groups in total. The van der Waals surface area contributed by atoms with Crippen LogP contribution in [0, 0.1) is 0 Å². The van der Waals surface area contributed by atoms with Gasteiger partial charge in [-0.1, -0.05) is 33.6 Å². The molecule has 0 aliphatic heterocycles. The number of hydrogen-bond acceptors (Lipinski definition) is 0. The number of halogens is 1. The van der Waals surface area contributed by atoms with E-state index in [4.69, 9.17) is 0 Å². The van der Waals surface area contributed by atoms with Gasteiger partial charge >= 0.3 is 0 Å². The SMILES string of the molecule is CC1=C(C)c2c(Br)cccc2C1. The molecule has 0 fully saturated rings. The average molecular weight is 223 g/mol. The van der Waals surface area contributed by atoms with Gasteiger partial charge in [0.05, 0.1) is 0 Å². The van der Waals surface area contributed by atoms with Crippen LogP contribution in [0.25, 0.3) is 5.57 Å². The van der Waals surface area contributed by atoms with Crippen molar-refractivity contribution in [3.63, 3.8) is 0 Å². The Bertz CT molecular complexity index is 361. The van der Waals surface area contributed by atoms with Crippen molar-refractivity contribution in [2.24, 2.45) is 0 Å². The third-order valence-corrected chi connectivity index (χ3v) is 3.23. The minimum atomic E-state index is 1.13. The van der Waals surface area contributed by atoms with Gasteiger partial charge in [-0.3, -0.25) is 0 Å². The standard InChI is InChI=1S/C11H11Br/c1-7-6-9-4-3-5-10(12)11(9)8(7)2/h3-5H,6H2,1-2H3. The van der Waals surface area contributed by atoms with Crippen LogP contribution in [0.2, 0.25) is 0 Å². The highest BCUT2D eigenvalue weighted by Crippen LogP contribution is 2.36. The fraction of sp³-hybridized carbons (Fsp3) is 0.273. The molecule has 0 radical (unpaired) electrons. The summed E-state index contributed by atoms with van der Waals surface area (Å²) < 4.78 is 1.23. The summed E-state index contributed by atoms with van der Waals surface area (Å²) in [6.45, 7) is 4.41. The van der Waals surface area contributed by atoms with E-state index in [1.54, 1.807) is 0 Å². The zero-order valence-corrected chi connectivity index (χ0v) is 8.90. The molecule has 0 spiro atoms. The van der Waals surface area contributed by atoms with Crippen molar-refractivity contribution in [1.82, 2.24) is 0 Å². The van der Waals surface area contributed by atoms with E-state index in [0.29, 0.717) is 0 Å². The van der Waals surface area contributed by atoms with E-state index < -0.39 is 0 Å². The molecule has 0 saturated heterocycles. The summed E-state index contributed by atoms with van der Waals surface area (Å²) in [7, 11) is 0. The number of fused-ring (bicyclic) bond motifs is 1. The van der Waals surface area contributed by atoms with Crippen LogP contribution in [-0.4, -0.2) is 0 Å². The molecule has 12 heavy (non-hydrogen) atoms. The van der Waals surface area contributed by atoms with Gasteiger partial charge in [-0.25, -0.2) is 0 Å². The molecule has 0 bridgehead atoms. The second kappa shape index (κ2) is 2.74. The number of rotatable bonds is 0. The van der Waals surface area contributed by atoms with Crippen molar-refractivity contribution in [1.29, 1.82) is 0 Å². The molecule has 0 saturated carbocycles. The molecule has 1 aromatic rings. The van der Waals surface area contributed by atoms with Gasteiger partial charge < -0.3 is 0 Å². The Labute approximate surface area is 81.4 Å². The van der Waals surface area contributed by atoms with Gasteiger partial charge in [0.15, 0.2) is 0 Å². The molecule has 0 nitrogen and oxygen atoms in total. The summed E-state index contributed by atoms with van der Waals surface area (Å²) >= 11 is 3.58. The van der Waals surface area contributed by atoms with Gasteiger partial charge in [-0.2, -0.15) is 0 Å². The van der Waals surface area contributed by atoms with E-state index in [-0.39, 0.29) is 0 Å². The maximum absolute atomic E-state index is 3.58. The second-order valence-electron chi connectivity index (χ2n) is 3.36. The van der Waals surface area contributed by atoms with E-state index in [2.05, 4.69) is 48.0 Å². The van der Waals surface area contributed by atoms with Crippen molar-refractivity contribution < 1.29 is 0 Å². The van der Waals surface area contributed by atoms with Crippen LogP contribution in [0.4, 0.5) is 0 Å². The minimum absolute atomic E-state index is 1.13. The molecule has 0 unspecified atom stereocenters. The minimum Gasteiger partial charge on any atom is -0.0653 e. The van der Waals surface area contributed by atoms with Crippen LogP contribution in [0.3, 0.4) is 0 Å². The Hall–Kier alpha value is -0.560. The molecule has 0 heterocycles. The normalized spacial score (nSPS) is 15.2. The van der Waals surface area contributed by atoms with Crippen LogP contribution in [0.5, 0.6) is 0 Å². The predicted molar refractivity (Wildman–Crippen MR) is 56.1 cm³/mol. The summed E-state index contributed by atoms with van der Waals surface area (Å²) in [5, 5.41) is 0. The molecule has 1 aliphatic carbocycles. The Kier molecular flexibility index (Phi) is 1.84. The molecule has 2 rings (SSSR count). The summed E-state index contributed by atoms with van der Waals surface area (Å²) in [5.41, 5.74) is 5.81. The first-order valence-corrected chi connectivity index (χ1v) is 4.93. The first kappa shape index (κ1) is 8.06. The maximum atomic E-state index is 3.58. The Morgan fingerprint density at radius 2 is 2.00 bits per heavy atom. The van der Waals surface area contributed by atoms with Crippen molar-refractivity contribution in [2.45, 2.75) is 20.3 Å². The van der Waals surface area contributed by atoms with Gasteiger partial charge in [-0.05, 0) is 43.0 Å². The molecule has 0 amide bonds. The highest BCUT2D eigenvalue weighted by Gasteiger charge is 2.16. The van der Waals surface area contributed by atoms with Crippen molar-refractivity contribution in [3.05, 3.63) is 39.4 Å². The molecule has 1 heteroatoms. The fourth-order valence-corrected chi connectivity index (χ4v) is 2.47. The first-order valence-electron chi connectivity index (χ1n) is 4.14. The highest BCUT2D eigenvalue weighted by molar-refractivity contribution is 9.10. The van der Waals surface area contributed by atoms with Crippen molar-refractivity contribution in [3.8, 4) is 0 Å². The smallest absolute Gasteiger partial charge is 0.0253 e. The van der Waals surface area contributed by atoms with Crippen LogP contribution >= 0.6 is 15.9 Å². The predicted octanol–water partition coefficient (Wildman–Crippen LogP) is 3.80. The van der Waals surface area contributed by atoms with Gasteiger partial charge in [-0.15, -0.1) is 0 Å². The molecule has 62 valence electrons. The van der Waals surface area contributed by atoms with Gasteiger partial charge in [0.25, 0.3) is 0 Å². The highest BCUT2D eigenvalue weighted by atomic mass is 79.9. The van der Waals surface area contributed by atoms with Crippen molar-refractivity contribution in [2.75, 3.05) is 0 Å². The third-order valence-electron chi connectivity index (χ3n) is 2.57. The van der Waals surface area contributed by atoms with E-state index in [1.807, 2.05) is 0 Å². The molecule has 1 aromatic carbocycles. The average Bonchev–Trinajstić information content (AvgIpc) is 2.29. The quantitative estimate of drug-likeness (QED) is 0.627. The lowest BCUT2D eigenvalue weighted by molar-refractivity contribution is 1.19. The van der Waals surface area contributed by atoms with Crippen LogP contribution < -0.4 is 0 Å². The monoisotopic (exact) mass is 222 g/mol. The van der Waals surface area contributed by atoms with E-state index in [0.717, 1.165) is 6.42 Å². The summed E-state index contributed by atoms with van der Waals surface area (Å²) in [6, 6.07) is 6.43. The van der Waals surface area contributed by atoms with Crippen LogP contribution in [0.1, 0.15) is 25.0 Å². The Morgan fingerprint density at radius 3 is 2.67 bits per heavy atom. The zero-order valence-electron chi connectivity index (χ0n) is 7.32. The molecule has 0 aromatic heterocycles. The molecule has 0 atom stereocenters. The van der Waals surface area contributed by atoms with E-state index in [1.165, 1.54) is 26.7 Å².